The van der Waals surface area contributed by atoms with E-state index in [0.29, 0.717) is 24.9 Å². The highest BCUT2D eigenvalue weighted by Crippen LogP contribution is 2.44. The van der Waals surface area contributed by atoms with Gasteiger partial charge in [0.25, 0.3) is 5.69 Å². The summed E-state index contributed by atoms with van der Waals surface area (Å²) < 4.78 is 13.8. The van der Waals surface area contributed by atoms with Crippen LogP contribution in [-0.4, -0.2) is 26.7 Å². The van der Waals surface area contributed by atoms with Crippen LogP contribution in [-0.2, 0) is 6.61 Å². The quantitative estimate of drug-likeness (QED) is 0.0753. The molecule has 7 rings (SSSR count). The molecule has 0 amide bonds. The summed E-state index contributed by atoms with van der Waals surface area (Å²) in [5.74, 6) is 4.39. The Balaban J connectivity index is 1.04. The van der Waals surface area contributed by atoms with Gasteiger partial charge >= 0.3 is 0 Å². The van der Waals surface area contributed by atoms with Gasteiger partial charge in [0.2, 0.25) is 0 Å². The average molecular weight is 707 g/mol. The fourth-order valence-corrected chi connectivity index (χ4v) is 9.14. The summed E-state index contributed by atoms with van der Waals surface area (Å²) in [5.41, 5.74) is 4.27. The molecule has 9 heteroatoms. The molecule has 51 heavy (non-hydrogen) atoms. The fraction of sp³-hybridized carbons (Fsp3) is 0.405. The van der Waals surface area contributed by atoms with Crippen LogP contribution in [0.15, 0.2) is 78.9 Å². The number of phenolic OH excluding ortho intramolecular Hbond substituents is 2. The number of aromatic hydroxyl groups is 2. The third-order valence-corrected chi connectivity index (χ3v) is 12.2. The molecule has 2 fully saturated rings. The maximum absolute atomic E-state index is 11.3. The molecule has 266 valence electrons. The van der Waals surface area contributed by atoms with E-state index in [-0.39, 0.29) is 17.2 Å². The van der Waals surface area contributed by atoms with E-state index in [4.69, 9.17) is 14.5 Å². The van der Waals surface area contributed by atoms with Crippen molar-refractivity contribution in [2.75, 3.05) is 6.61 Å². The number of hydrogen-bond donors (Lipinski definition) is 2. The average Bonchev–Trinajstić information content (AvgIpc) is 3.62. The summed E-state index contributed by atoms with van der Waals surface area (Å²) in [6, 6.07) is 23.1. The molecule has 1 aromatic heterocycles. The number of non-ortho nitro benzene ring substituents is 1. The molecule has 0 atom stereocenters. The molecule has 0 radical (unpaired) electrons. The lowest BCUT2D eigenvalue weighted by atomic mass is 9.69. The van der Waals surface area contributed by atoms with Crippen LogP contribution in [0.1, 0.15) is 76.7 Å². The van der Waals surface area contributed by atoms with Crippen LogP contribution in [0.25, 0.3) is 31.9 Å². The Morgan fingerprint density at radius 3 is 2.02 bits per heavy atom. The van der Waals surface area contributed by atoms with Crippen molar-refractivity contribution in [2.24, 2.45) is 23.7 Å². The highest BCUT2D eigenvalue weighted by molar-refractivity contribution is 7.22. The molecule has 5 aromatic rings. The van der Waals surface area contributed by atoms with E-state index in [1.807, 2.05) is 36.4 Å². The van der Waals surface area contributed by atoms with Crippen molar-refractivity contribution in [2.45, 2.75) is 77.7 Å². The lowest BCUT2D eigenvalue weighted by molar-refractivity contribution is -0.384. The number of rotatable bonds is 12. The predicted molar refractivity (Wildman–Crippen MR) is 203 cm³/mol. The van der Waals surface area contributed by atoms with Crippen molar-refractivity contribution < 1.29 is 24.6 Å². The van der Waals surface area contributed by atoms with Gasteiger partial charge in [0.1, 0.15) is 33.3 Å². The van der Waals surface area contributed by atoms with Crippen molar-refractivity contribution in [1.29, 1.82) is 0 Å². The predicted octanol–water partition coefficient (Wildman–Crippen LogP) is 11.3. The van der Waals surface area contributed by atoms with Gasteiger partial charge in [-0.15, -0.1) is 11.3 Å². The van der Waals surface area contributed by atoms with Gasteiger partial charge in [-0.3, -0.25) is 10.1 Å². The van der Waals surface area contributed by atoms with Gasteiger partial charge in [-0.1, -0.05) is 62.9 Å². The van der Waals surface area contributed by atoms with Crippen LogP contribution in [0.3, 0.4) is 0 Å². The Labute approximate surface area is 303 Å². The number of nitro groups is 1. The van der Waals surface area contributed by atoms with E-state index in [0.717, 1.165) is 61.0 Å². The zero-order valence-electron chi connectivity index (χ0n) is 29.1. The Morgan fingerprint density at radius 2 is 1.37 bits per heavy atom. The minimum Gasteiger partial charge on any atom is -0.504 e. The van der Waals surface area contributed by atoms with Crippen LogP contribution in [0.2, 0.25) is 0 Å². The number of nitrogens with zero attached hydrogens (tertiary/aromatic N) is 2. The van der Waals surface area contributed by atoms with Crippen LogP contribution in [0.5, 0.6) is 23.0 Å². The number of thiazole rings is 1. The molecule has 0 spiro atoms. The number of hydrogen-bond acceptors (Lipinski definition) is 8. The SMILES string of the molecule is CCCC1CCC(C2CCC(COc3ccc(OCc4ccc(-c5ccc(O)c(O)c5)cc4)c4sc(-c5ccc([N+](=O)[O-])cc5)nc34)CC2)CC1. The zero-order chi connectivity index (χ0) is 35.3. The summed E-state index contributed by atoms with van der Waals surface area (Å²) in [5, 5.41) is 31.6. The Kier molecular flexibility index (Phi) is 10.7. The first-order valence-corrected chi connectivity index (χ1v) is 19.2. The van der Waals surface area contributed by atoms with Crippen molar-refractivity contribution >= 4 is 27.2 Å². The third kappa shape index (κ3) is 8.14. The molecule has 8 nitrogen and oxygen atoms in total. The number of phenols is 2. The van der Waals surface area contributed by atoms with Gasteiger partial charge in [-0.05, 0) is 115 Å². The lowest BCUT2D eigenvalue weighted by Crippen LogP contribution is -2.27. The van der Waals surface area contributed by atoms with Crippen LogP contribution in [0, 0.1) is 33.8 Å². The van der Waals surface area contributed by atoms with Crippen molar-refractivity contribution in [1.82, 2.24) is 4.98 Å². The summed E-state index contributed by atoms with van der Waals surface area (Å²) >= 11 is 1.49. The van der Waals surface area contributed by atoms with Gasteiger partial charge in [-0.25, -0.2) is 4.98 Å². The minimum atomic E-state index is -0.396. The van der Waals surface area contributed by atoms with Crippen molar-refractivity contribution in [3.05, 3.63) is 94.5 Å². The molecule has 2 aliphatic carbocycles. The Bertz CT molecular complexity index is 1940. The van der Waals surface area contributed by atoms with Crippen molar-refractivity contribution in [3.63, 3.8) is 0 Å². The number of fused-ring (bicyclic) bond motifs is 1. The highest BCUT2D eigenvalue weighted by Gasteiger charge is 2.31. The van der Waals surface area contributed by atoms with Gasteiger partial charge in [0.15, 0.2) is 11.5 Å². The maximum Gasteiger partial charge on any atom is 0.269 e. The second-order valence-electron chi connectivity index (χ2n) is 14.4. The summed E-state index contributed by atoms with van der Waals surface area (Å²) in [6.07, 6.45) is 13.4. The Morgan fingerprint density at radius 1 is 0.745 bits per heavy atom. The molecule has 2 N–H and O–H groups in total. The number of benzene rings is 4. The molecule has 0 aliphatic heterocycles. The monoisotopic (exact) mass is 706 g/mol. The number of ether oxygens (including phenoxy) is 2. The van der Waals surface area contributed by atoms with Crippen LogP contribution in [0.4, 0.5) is 5.69 Å². The largest absolute Gasteiger partial charge is 0.504 e. The molecular weight excluding hydrogens is 661 g/mol. The van der Waals surface area contributed by atoms with E-state index in [9.17, 15) is 20.3 Å². The molecule has 0 saturated heterocycles. The van der Waals surface area contributed by atoms with E-state index in [2.05, 4.69) is 6.92 Å². The number of aromatic nitrogens is 1. The molecule has 0 bridgehead atoms. The lowest BCUT2D eigenvalue weighted by Gasteiger charge is -2.37. The van der Waals surface area contributed by atoms with Gasteiger partial charge in [0.05, 0.1) is 11.5 Å². The first-order valence-electron chi connectivity index (χ1n) is 18.4. The standard InChI is InChI=1S/C42H46N2O6S/c1-2-3-27-4-10-30(11-5-27)31-12-6-28(7-13-31)25-49-38-22-23-39(41-40(38)43-42(51-41)33-16-19-35(20-17-33)44(47)48)50-26-29-8-14-32(15-9-29)34-18-21-36(45)37(46)24-34/h8-9,14-24,27-28,30-31,45-46H,2-7,10-13,25-26H2,1H3. The second kappa shape index (κ2) is 15.7. The van der Waals surface area contributed by atoms with E-state index < -0.39 is 4.92 Å². The van der Waals surface area contributed by atoms with E-state index >= 15 is 0 Å². The molecule has 1 heterocycles. The van der Waals surface area contributed by atoms with Gasteiger partial charge < -0.3 is 19.7 Å². The molecule has 4 aromatic carbocycles. The summed E-state index contributed by atoms with van der Waals surface area (Å²) in [6.45, 7) is 3.32. The highest BCUT2D eigenvalue weighted by atomic mass is 32.1. The molecular formula is C42H46N2O6S. The van der Waals surface area contributed by atoms with E-state index in [1.165, 1.54) is 99.8 Å². The normalized spacial score (nSPS) is 20.6. The maximum atomic E-state index is 11.3. The Hall–Kier alpha value is -4.63. The minimum absolute atomic E-state index is 0.0417. The first kappa shape index (κ1) is 34.8. The third-order valence-electron chi connectivity index (χ3n) is 11.1. The summed E-state index contributed by atoms with van der Waals surface area (Å²) in [7, 11) is 0. The number of nitro benzene ring substituents is 1. The smallest absolute Gasteiger partial charge is 0.269 e. The zero-order valence-corrected chi connectivity index (χ0v) is 29.9. The van der Waals surface area contributed by atoms with Gasteiger partial charge in [-0.2, -0.15) is 0 Å². The molecule has 0 unspecified atom stereocenters. The molecule has 2 saturated carbocycles. The van der Waals surface area contributed by atoms with E-state index in [1.54, 1.807) is 18.2 Å². The first-order chi connectivity index (χ1) is 24.8. The van der Waals surface area contributed by atoms with Crippen LogP contribution < -0.4 is 9.47 Å². The van der Waals surface area contributed by atoms with Crippen molar-refractivity contribution in [3.8, 4) is 44.7 Å². The summed E-state index contributed by atoms with van der Waals surface area (Å²) in [4.78, 5) is 15.9. The van der Waals surface area contributed by atoms with Crippen LogP contribution >= 0.6 is 11.3 Å². The second-order valence-corrected chi connectivity index (χ2v) is 15.4. The van der Waals surface area contributed by atoms with Gasteiger partial charge in [0, 0.05) is 17.7 Å². The topological polar surface area (TPSA) is 115 Å². The molecule has 2 aliphatic rings. The fourth-order valence-electron chi connectivity index (χ4n) is 8.09.